The number of amides is 1. The molecule has 0 aromatic rings. The van der Waals surface area contributed by atoms with E-state index in [1.54, 1.807) is 6.08 Å². The standard InChI is InChI=1S/C60H103NO13/c1-3-5-7-9-11-13-15-17-19-21-23-24-26-27-29-31-33-35-37-39-41-43-49(64)48(61-52(65)44-42-40-38-36-34-32-30-28-25-22-20-18-16-14-12-10-8-6-4-2)47-71-59-57(70)55(68)58(51(46-63)73-59)74-60-56(69)54(67)53(66)50(45-62)72-60/h6,8,12,14,18,20,25-28,33,35,41,43,48-51,53-60,62-64,66-70H,3-5,7,9-11,13,15-17,19,21-24,29-32,34,36-40,42,44-47H2,1-2H3,(H,61,65)/b8-6-,14-12-,20-18-,27-26+,28-25-,35-33+,43-41+. The van der Waals surface area contributed by atoms with Gasteiger partial charge in [0.2, 0.25) is 5.91 Å². The van der Waals surface area contributed by atoms with Gasteiger partial charge in [-0.3, -0.25) is 4.79 Å². The second-order valence-electron chi connectivity index (χ2n) is 20.0. The van der Waals surface area contributed by atoms with Gasteiger partial charge in [-0.15, -0.1) is 0 Å². The molecule has 426 valence electrons. The van der Waals surface area contributed by atoms with Crippen LogP contribution in [0.15, 0.2) is 85.1 Å². The van der Waals surface area contributed by atoms with E-state index in [1.165, 1.54) is 70.6 Å². The lowest BCUT2D eigenvalue weighted by molar-refractivity contribution is -0.359. The van der Waals surface area contributed by atoms with Crippen LogP contribution in [0.3, 0.4) is 0 Å². The fourth-order valence-electron chi connectivity index (χ4n) is 8.90. The average Bonchev–Trinajstić information content (AvgIpc) is 3.40. The van der Waals surface area contributed by atoms with Crippen molar-refractivity contribution >= 4 is 5.91 Å². The van der Waals surface area contributed by atoms with Crippen LogP contribution in [-0.2, 0) is 23.7 Å². The van der Waals surface area contributed by atoms with Crippen molar-refractivity contribution in [2.75, 3.05) is 19.8 Å². The summed E-state index contributed by atoms with van der Waals surface area (Å²) in [5.41, 5.74) is 0. The molecular formula is C60H103NO13. The zero-order valence-corrected chi connectivity index (χ0v) is 45.6. The molecule has 2 aliphatic rings. The van der Waals surface area contributed by atoms with E-state index in [1.807, 2.05) is 6.08 Å². The average molecular weight is 1050 g/mol. The van der Waals surface area contributed by atoms with Crippen LogP contribution in [0.4, 0.5) is 0 Å². The Bertz CT molecular complexity index is 1560. The Hall–Kier alpha value is -2.83. The van der Waals surface area contributed by atoms with Gasteiger partial charge in [0.1, 0.15) is 48.8 Å². The number of hydrogen-bond donors (Lipinski definition) is 9. The molecule has 0 spiro atoms. The molecule has 2 rings (SSSR count). The fraction of sp³-hybridized carbons (Fsp3) is 0.750. The minimum absolute atomic E-state index is 0.249. The largest absolute Gasteiger partial charge is 0.394 e. The summed E-state index contributed by atoms with van der Waals surface area (Å²) in [5.74, 6) is -0.271. The van der Waals surface area contributed by atoms with E-state index in [9.17, 15) is 45.6 Å². The van der Waals surface area contributed by atoms with Gasteiger partial charge in [0.25, 0.3) is 0 Å². The molecule has 2 saturated heterocycles. The second-order valence-corrected chi connectivity index (χ2v) is 20.0. The summed E-state index contributed by atoms with van der Waals surface area (Å²) in [7, 11) is 0. The van der Waals surface area contributed by atoms with Gasteiger partial charge < -0.3 is 65.1 Å². The van der Waals surface area contributed by atoms with E-state index in [0.29, 0.717) is 12.8 Å². The van der Waals surface area contributed by atoms with Crippen molar-refractivity contribution < 1.29 is 64.6 Å². The fourth-order valence-corrected chi connectivity index (χ4v) is 8.90. The molecule has 2 aliphatic heterocycles. The van der Waals surface area contributed by atoms with E-state index in [4.69, 9.17) is 18.9 Å². The molecule has 0 aromatic heterocycles. The zero-order valence-electron chi connectivity index (χ0n) is 45.6. The molecule has 2 fully saturated rings. The maximum absolute atomic E-state index is 13.2. The first-order valence-electron chi connectivity index (χ1n) is 28.8. The van der Waals surface area contributed by atoms with Gasteiger partial charge in [-0.2, -0.15) is 0 Å². The second kappa shape index (κ2) is 45.2. The maximum Gasteiger partial charge on any atom is 0.220 e. The molecule has 0 aromatic carbocycles. The Morgan fingerprint density at radius 1 is 0.500 bits per heavy atom. The number of allylic oxidation sites excluding steroid dienone is 13. The topological polar surface area (TPSA) is 228 Å². The first kappa shape index (κ1) is 67.3. The van der Waals surface area contributed by atoms with Gasteiger partial charge in [0.15, 0.2) is 12.6 Å². The van der Waals surface area contributed by atoms with E-state index in [0.717, 1.165) is 89.9 Å². The highest BCUT2D eigenvalue weighted by Gasteiger charge is 2.51. The molecule has 14 heteroatoms. The highest BCUT2D eigenvalue weighted by atomic mass is 16.7. The summed E-state index contributed by atoms with van der Waals surface area (Å²) < 4.78 is 22.7. The van der Waals surface area contributed by atoms with Crippen LogP contribution in [0.1, 0.15) is 194 Å². The van der Waals surface area contributed by atoms with Crippen molar-refractivity contribution in [2.24, 2.45) is 0 Å². The summed E-state index contributed by atoms with van der Waals surface area (Å²) >= 11 is 0. The molecule has 1 amide bonds. The number of ether oxygens (including phenoxy) is 4. The van der Waals surface area contributed by atoms with Crippen molar-refractivity contribution in [3.8, 4) is 0 Å². The molecule has 9 N–H and O–H groups in total. The molecule has 74 heavy (non-hydrogen) atoms. The Kier molecular flexibility index (Phi) is 41.1. The van der Waals surface area contributed by atoms with Crippen molar-refractivity contribution in [3.05, 3.63) is 85.1 Å². The third kappa shape index (κ3) is 30.8. The molecule has 0 bridgehead atoms. The number of aliphatic hydroxyl groups is 8. The smallest absolute Gasteiger partial charge is 0.220 e. The Balaban J connectivity index is 1.83. The molecule has 2 heterocycles. The number of nitrogens with one attached hydrogen (secondary N) is 1. The minimum atomic E-state index is -1.80. The van der Waals surface area contributed by atoms with Gasteiger partial charge in [-0.25, -0.2) is 0 Å². The van der Waals surface area contributed by atoms with Crippen molar-refractivity contribution in [2.45, 2.75) is 267 Å². The van der Waals surface area contributed by atoms with Crippen LogP contribution in [0, 0.1) is 0 Å². The van der Waals surface area contributed by atoms with Crippen LogP contribution in [-0.4, -0.2) is 140 Å². The van der Waals surface area contributed by atoms with Gasteiger partial charge in [0.05, 0.1) is 32.0 Å². The van der Waals surface area contributed by atoms with Crippen LogP contribution in [0.25, 0.3) is 0 Å². The summed E-state index contributed by atoms with van der Waals surface area (Å²) in [6.45, 7) is 2.64. The lowest BCUT2D eigenvalue weighted by Gasteiger charge is -2.46. The summed E-state index contributed by atoms with van der Waals surface area (Å²) in [5, 5.41) is 87.0. The number of unbranched alkanes of at least 4 members (excludes halogenated alkanes) is 19. The molecule has 0 radical (unpaired) electrons. The monoisotopic (exact) mass is 1050 g/mol. The van der Waals surface area contributed by atoms with Crippen molar-refractivity contribution in [1.82, 2.24) is 5.32 Å². The van der Waals surface area contributed by atoms with Crippen molar-refractivity contribution in [1.29, 1.82) is 0 Å². The molecule has 14 nitrogen and oxygen atoms in total. The highest BCUT2D eigenvalue weighted by Crippen LogP contribution is 2.30. The lowest BCUT2D eigenvalue weighted by atomic mass is 9.97. The van der Waals surface area contributed by atoms with Crippen molar-refractivity contribution in [3.63, 3.8) is 0 Å². The summed E-state index contributed by atoms with van der Waals surface area (Å²) in [6, 6.07) is -0.951. The van der Waals surface area contributed by atoms with Gasteiger partial charge >= 0.3 is 0 Å². The quantitative estimate of drug-likeness (QED) is 0.0205. The third-order valence-electron chi connectivity index (χ3n) is 13.5. The number of rotatable bonds is 44. The van der Waals surface area contributed by atoms with Crippen LogP contribution in [0.2, 0.25) is 0 Å². The number of aliphatic hydroxyl groups excluding tert-OH is 8. The van der Waals surface area contributed by atoms with Crippen LogP contribution >= 0.6 is 0 Å². The Labute approximate surface area is 446 Å². The highest BCUT2D eigenvalue weighted by molar-refractivity contribution is 5.76. The normalized spacial score (nSPS) is 25.9. The van der Waals surface area contributed by atoms with E-state index < -0.39 is 86.8 Å². The van der Waals surface area contributed by atoms with E-state index in [-0.39, 0.29) is 18.9 Å². The van der Waals surface area contributed by atoms with Crippen LogP contribution in [0.5, 0.6) is 0 Å². The zero-order chi connectivity index (χ0) is 53.9. The van der Waals surface area contributed by atoms with E-state index in [2.05, 4.69) is 92.1 Å². The minimum Gasteiger partial charge on any atom is -0.394 e. The van der Waals surface area contributed by atoms with Gasteiger partial charge in [-0.05, 0) is 83.5 Å². The lowest BCUT2D eigenvalue weighted by Crippen LogP contribution is -2.65. The molecular weight excluding hydrogens is 943 g/mol. The van der Waals surface area contributed by atoms with E-state index >= 15 is 0 Å². The van der Waals surface area contributed by atoms with Gasteiger partial charge in [0, 0.05) is 6.42 Å². The molecule has 0 saturated carbocycles. The predicted molar refractivity (Wildman–Crippen MR) is 295 cm³/mol. The summed E-state index contributed by atoms with van der Waals surface area (Å²) in [4.78, 5) is 13.2. The molecule has 12 atom stereocenters. The molecule has 0 aliphatic carbocycles. The maximum atomic E-state index is 13.2. The number of carbonyl (C=O) groups excluding carboxylic acids is 1. The van der Waals surface area contributed by atoms with Gasteiger partial charge in [-0.1, -0.05) is 189 Å². The first-order chi connectivity index (χ1) is 36.1. The Morgan fingerprint density at radius 2 is 0.946 bits per heavy atom. The third-order valence-corrected chi connectivity index (χ3v) is 13.5. The predicted octanol–water partition coefficient (Wildman–Crippen LogP) is 9.33. The number of hydrogen-bond acceptors (Lipinski definition) is 13. The summed E-state index contributed by atoms with van der Waals surface area (Å²) in [6.07, 6.45) is 43.3. The van der Waals surface area contributed by atoms with Crippen LogP contribution < -0.4 is 5.32 Å². The first-order valence-corrected chi connectivity index (χ1v) is 28.8. The SMILES string of the molecule is CC/C=C\C/C=C\C/C=C\C/C=C\CCCCCCCCC(=O)NC(COC1OC(CO)C(OC2OC(CO)C(O)C(O)C2O)C(O)C1O)C(O)/C=C/CC/C=C/CC/C=C/CCCCCCCCCCCCC. The number of carbonyl (C=O) groups is 1. The Morgan fingerprint density at radius 3 is 1.49 bits per heavy atom. The molecule has 12 unspecified atom stereocenters.